The number of hydrogen-bond donors (Lipinski definition) is 2. The second-order valence-corrected chi connectivity index (χ2v) is 11.7. The van der Waals surface area contributed by atoms with Crippen LogP contribution in [0.3, 0.4) is 0 Å². The van der Waals surface area contributed by atoms with Crippen LogP contribution in [0.15, 0.2) is 108 Å². The van der Waals surface area contributed by atoms with E-state index in [1.807, 2.05) is 30.3 Å². The quantitative estimate of drug-likeness (QED) is 0.277. The van der Waals surface area contributed by atoms with E-state index < -0.39 is 10.0 Å². The summed E-state index contributed by atoms with van der Waals surface area (Å²) >= 11 is 0. The predicted octanol–water partition coefficient (Wildman–Crippen LogP) is 5.07. The third-order valence-corrected chi connectivity index (χ3v) is 8.50. The molecule has 0 radical (unpaired) electrons. The van der Waals surface area contributed by atoms with Crippen molar-refractivity contribution >= 4 is 27.3 Å². The molecule has 0 spiro atoms. The first-order chi connectivity index (χ1) is 19.9. The summed E-state index contributed by atoms with van der Waals surface area (Å²) in [6, 6.07) is 30.9. The van der Waals surface area contributed by atoms with Gasteiger partial charge in [-0.3, -0.25) is 19.3 Å². The number of carbonyl (C=O) groups is 1. The highest BCUT2D eigenvalue weighted by Crippen LogP contribution is 2.21. The normalized spacial score (nSPS) is 14.4. The van der Waals surface area contributed by atoms with E-state index in [2.05, 4.69) is 44.1 Å². The Morgan fingerprint density at radius 2 is 1.24 bits per heavy atom. The second-order valence-electron chi connectivity index (χ2n) is 10.0. The van der Waals surface area contributed by atoms with Gasteiger partial charge in [-0.1, -0.05) is 42.5 Å². The van der Waals surface area contributed by atoms with Gasteiger partial charge in [0.15, 0.2) is 0 Å². The standard InChI is InChI=1S/C32H34N4O4S/c1-40-30-15-11-29(12-16-30)34-41(38,39)31-17-13-28(14-18-31)33-32(37)27-9-7-26(8-10-27)24-36-21-19-35(20-22-36)23-25-5-3-2-4-6-25/h2-18,34H,19-24H2,1H3,(H,33,37). The van der Waals surface area contributed by atoms with E-state index in [9.17, 15) is 13.2 Å². The zero-order chi connectivity index (χ0) is 28.7. The minimum Gasteiger partial charge on any atom is -0.497 e. The number of methoxy groups -OCH3 is 1. The lowest BCUT2D eigenvalue weighted by molar-refractivity contribution is 0.102. The minimum atomic E-state index is -3.78. The van der Waals surface area contributed by atoms with E-state index >= 15 is 0 Å². The predicted molar refractivity (Wildman–Crippen MR) is 162 cm³/mol. The molecule has 212 valence electrons. The number of carbonyl (C=O) groups excluding carboxylic acids is 1. The summed E-state index contributed by atoms with van der Waals surface area (Å²) in [6.45, 7) is 5.92. The van der Waals surface area contributed by atoms with Crippen LogP contribution in [0.1, 0.15) is 21.5 Å². The summed E-state index contributed by atoms with van der Waals surface area (Å²) < 4.78 is 33.1. The summed E-state index contributed by atoms with van der Waals surface area (Å²) in [6.07, 6.45) is 0. The van der Waals surface area contributed by atoms with Crippen molar-refractivity contribution in [1.29, 1.82) is 0 Å². The molecule has 8 nitrogen and oxygen atoms in total. The third-order valence-electron chi connectivity index (χ3n) is 7.10. The van der Waals surface area contributed by atoms with E-state index in [1.54, 1.807) is 43.5 Å². The smallest absolute Gasteiger partial charge is 0.261 e. The molecule has 1 fully saturated rings. The van der Waals surface area contributed by atoms with Gasteiger partial charge in [0, 0.05) is 56.2 Å². The van der Waals surface area contributed by atoms with Crippen LogP contribution in [0, 0.1) is 0 Å². The topological polar surface area (TPSA) is 91.0 Å². The maximum Gasteiger partial charge on any atom is 0.261 e. The lowest BCUT2D eigenvalue weighted by Gasteiger charge is -2.34. The molecule has 1 heterocycles. The molecule has 4 aromatic rings. The van der Waals surface area contributed by atoms with Gasteiger partial charge < -0.3 is 10.1 Å². The summed E-state index contributed by atoms with van der Waals surface area (Å²) in [5, 5.41) is 2.84. The number of hydrogen-bond acceptors (Lipinski definition) is 6. The number of ether oxygens (including phenoxy) is 1. The lowest BCUT2D eigenvalue weighted by atomic mass is 10.1. The first kappa shape index (κ1) is 28.4. The molecule has 9 heteroatoms. The average molecular weight is 571 g/mol. The molecule has 0 bridgehead atoms. The van der Waals surface area contributed by atoms with Crippen molar-refractivity contribution in [1.82, 2.24) is 9.80 Å². The Bertz CT molecular complexity index is 1530. The molecule has 0 saturated carbocycles. The van der Waals surface area contributed by atoms with E-state index in [4.69, 9.17) is 4.74 Å². The fraction of sp³-hybridized carbons (Fsp3) is 0.219. The Morgan fingerprint density at radius 3 is 1.80 bits per heavy atom. The van der Waals surface area contributed by atoms with Gasteiger partial charge in [-0.15, -0.1) is 0 Å². The number of piperazine rings is 1. The van der Waals surface area contributed by atoms with E-state index in [-0.39, 0.29) is 10.8 Å². The van der Waals surface area contributed by atoms with Gasteiger partial charge in [-0.05, 0) is 71.8 Å². The van der Waals surface area contributed by atoms with Crippen molar-refractivity contribution in [2.75, 3.05) is 43.3 Å². The van der Waals surface area contributed by atoms with Gasteiger partial charge in [0.25, 0.3) is 15.9 Å². The van der Waals surface area contributed by atoms with Crippen molar-refractivity contribution in [2.45, 2.75) is 18.0 Å². The molecule has 0 aliphatic carbocycles. The van der Waals surface area contributed by atoms with Crippen molar-refractivity contribution in [3.63, 3.8) is 0 Å². The Labute approximate surface area is 241 Å². The number of anilines is 2. The van der Waals surface area contributed by atoms with Crippen LogP contribution in [0.5, 0.6) is 5.75 Å². The molecule has 1 aliphatic rings. The van der Waals surface area contributed by atoms with Crippen LogP contribution in [0.2, 0.25) is 0 Å². The molecule has 0 aromatic heterocycles. The van der Waals surface area contributed by atoms with Crippen LogP contribution < -0.4 is 14.8 Å². The SMILES string of the molecule is COc1ccc(NS(=O)(=O)c2ccc(NC(=O)c3ccc(CN4CCN(Cc5ccccc5)CC4)cc3)cc2)cc1. The molecule has 4 aromatic carbocycles. The zero-order valence-corrected chi connectivity index (χ0v) is 23.8. The first-order valence-electron chi connectivity index (χ1n) is 13.5. The van der Waals surface area contributed by atoms with Gasteiger partial charge in [-0.25, -0.2) is 8.42 Å². The lowest BCUT2D eigenvalue weighted by Crippen LogP contribution is -2.45. The number of sulfonamides is 1. The van der Waals surface area contributed by atoms with Crippen LogP contribution in [-0.2, 0) is 23.1 Å². The van der Waals surface area contributed by atoms with E-state index in [0.29, 0.717) is 22.7 Å². The van der Waals surface area contributed by atoms with Gasteiger partial charge >= 0.3 is 0 Å². The molecule has 0 unspecified atom stereocenters. The molecule has 2 N–H and O–H groups in total. The van der Waals surface area contributed by atoms with Gasteiger partial charge in [-0.2, -0.15) is 0 Å². The molecular formula is C32H34N4O4S. The molecule has 1 amide bonds. The number of rotatable bonds is 10. The number of nitrogens with one attached hydrogen (secondary N) is 2. The average Bonchev–Trinajstić information content (AvgIpc) is 2.99. The molecular weight excluding hydrogens is 536 g/mol. The first-order valence-corrected chi connectivity index (χ1v) is 15.0. The second kappa shape index (κ2) is 13.0. The summed E-state index contributed by atoms with van der Waals surface area (Å²) in [4.78, 5) is 17.8. The zero-order valence-electron chi connectivity index (χ0n) is 23.0. The van der Waals surface area contributed by atoms with Crippen LogP contribution in [0.4, 0.5) is 11.4 Å². The highest BCUT2D eigenvalue weighted by molar-refractivity contribution is 7.92. The Hall–Kier alpha value is -4.18. The Kier molecular flexibility index (Phi) is 8.98. The highest BCUT2D eigenvalue weighted by Gasteiger charge is 2.18. The maximum atomic E-state index is 12.8. The van der Waals surface area contributed by atoms with Crippen LogP contribution in [-0.4, -0.2) is 57.4 Å². The number of benzene rings is 4. The molecule has 1 saturated heterocycles. The van der Waals surface area contributed by atoms with Crippen molar-refractivity contribution < 1.29 is 17.9 Å². The molecule has 5 rings (SSSR count). The monoisotopic (exact) mass is 570 g/mol. The fourth-order valence-electron chi connectivity index (χ4n) is 4.76. The summed E-state index contributed by atoms with van der Waals surface area (Å²) in [7, 11) is -2.23. The highest BCUT2D eigenvalue weighted by atomic mass is 32.2. The fourth-order valence-corrected chi connectivity index (χ4v) is 5.82. The number of amides is 1. The minimum absolute atomic E-state index is 0.0940. The molecule has 41 heavy (non-hydrogen) atoms. The summed E-state index contributed by atoms with van der Waals surface area (Å²) in [5.74, 6) is 0.383. The molecule has 0 atom stereocenters. The Morgan fingerprint density at radius 1 is 0.707 bits per heavy atom. The molecule has 1 aliphatic heterocycles. The van der Waals surface area contributed by atoms with Gasteiger partial charge in [0.1, 0.15) is 5.75 Å². The van der Waals surface area contributed by atoms with Gasteiger partial charge in [0.05, 0.1) is 12.0 Å². The largest absolute Gasteiger partial charge is 0.497 e. The van der Waals surface area contributed by atoms with Crippen molar-refractivity contribution in [3.8, 4) is 5.75 Å². The van der Waals surface area contributed by atoms with Gasteiger partial charge in [0.2, 0.25) is 0 Å². The van der Waals surface area contributed by atoms with Crippen LogP contribution >= 0.6 is 0 Å². The van der Waals surface area contributed by atoms with Crippen molar-refractivity contribution in [2.24, 2.45) is 0 Å². The van der Waals surface area contributed by atoms with E-state index in [0.717, 1.165) is 44.8 Å². The van der Waals surface area contributed by atoms with Crippen LogP contribution in [0.25, 0.3) is 0 Å². The maximum absolute atomic E-state index is 12.8. The Balaban J connectivity index is 1.10. The third kappa shape index (κ3) is 7.73. The van der Waals surface area contributed by atoms with E-state index in [1.165, 1.54) is 17.7 Å². The van der Waals surface area contributed by atoms with Crippen molar-refractivity contribution in [3.05, 3.63) is 120 Å². The summed E-state index contributed by atoms with van der Waals surface area (Å²) in [5.41, 5.74) is 3.99. The number of nitrogens with zero attached hydrogens (tertiary/aromatic N) is 2.